The molecule has 28 heavy (non-hydrogen) atoms. The molecule has 0 fully saturated rings. The molecule has 0 aliphatic heterocycles. The first-order chi connectivity index (χ1) is 13.1. The number of pyridine rings is 1. The molecule has 1 amide bonds. The summed E-state index contributed by atoms with van der Waals surface area (Å²) in [7, 11) is -2.34. The number of likely N-dealkylation sites (N-methyl/N-ethyl adjacent to an activating group) is 1. The SMILES string of the molecule is Cc1ccc(S(=O)(=O)N(C)CC(=O)NCc2ccc(OC(C)C)nc2)cc1C. The second kappa shape index (κ2) is 9.16. The molecule has 2 rings (SSSR count). The number of carbonyl (C=O) groups is 1. The highest BCUT2D eigenvalue weighted by atomic mass is 32.2. The van der Waals surface area contributed by atoms with E-state index in [1.807, 2.05) is 27.7 Å². The minimum atomic E-state index is -3.73. The summed E-state index contributed by atoms with van der Waals surface area (Å²) in [4.78, 5) is 16.5. The number of aryl methyl sites for hydroxylation is 2. The average molecular weight is 406 g/mol. The lowest BCUT2D eigenvalue weighted by Gasteiger charge is -2.17. The lowest BCUT2D eigenvalue weighted by molar-refractivity contribution is -0.121. The normalized spacial score (nSPS) is 11.7. The maximum atomic E-state index is 12.7. The molecule has 1 N–H and O–H groups in total. The second-order valence-corrected chi connectivity index (χ2v) is 9.00. The maximum Gasteiger partial charge on any atom is 0.243 e. The molecular formula is C20H27N3O4S. The molecule has 8 heteroatoms. The van der Waals surface area contributed by atoms with E-state index in [1.165, 1.54) is 7.05 Å². The van der Waals surface area contributed by atoms with Crippen LogP contribution in [-0.2, 0) is 21.4 Å². The van der Waals surface area contributed by atoms with E-state index in [0.717, 1.165) is 21.0 Å². The fourth-order valence-corrected chi connectivity index (χ4v) is 3.64. The molecule has 0 unspecified atom stereocenters. The number of hydrogen-bond donors (Lipinski definition) is 1. The van der Waals surface area contributed by atoms with Gasteiger partial charge in [-0.2, -0.15) is 4.31 Å². The van der Waals surface area contributed by atoms with Crippen LogP contribution < -0.4 is 10.1 Å². The van der Waals surface area contributed by atoms with Gasteiger partial charge in [-0.1, -0.05) is 12.1 Å². The van der Waals surface area contributed by atoms with Crippen LogP contribution in [0.15, 0.2) is 41.4 Å². The summed E-state index contributed by atoms with van der Waals surface area (Å²) >= 11 is 0. The fraction of sp³-hybridized carbons (Fsp3) is 0.400. The van der Waals surface area contributed by atoms with Crippen LogP contribution >= 0.6 is 0 Å². The average Bonchev–Trinajstić information content (AvgIpc) is 2.62. The Balaban J connectivity index is 1.93. The van der Waals surface area contributed by atoms with Gasteiger partial charge in [0.25, 0.3) is 0 Å². The molecule has 0 aliphatic carbocycles. The Morgan fingerprint density at radius 1 is 1.18 bits per heavy atom. The third kappa shape index (κ3) is 5.77. The zero-order valence-corrected chi connectivity index (χ0v) is 17.7. The Morgan fingerprint density at radius 2 is 1.89 bits per heavy atom. The number of sulfonamides is 1. The van der Waals surface area contributed by atoms with Gasteiger partial charge >= 0.3 is 0 Å². The molecule has 0 atom stereocenters. The number of nitrogens with zero attached hydrogens (tertiary/aromatic N) is 2. The van der Waals surface area contributed by atoms with Gasteiger partial charge in [0, 0.05) is 25.9 Å². The molecule has 0 aliphatic rings. The van der Waals surface area contributed by atoms with E-state index >= 15 is 0 Å². The molecule has 0 bridgehead atoms. The van der Waals surface area contributed by atoms with E-state index in [4.69, 9.17) is 4.74 Å². The van der Waals surface area contributed by atoms with Crippen LogP contribution in [0.4, 0.5) is 0 Å². The van der Waals surface area contributed by atoms with Crippen LogP contribution in [0.1, 0.15) is 30.5 Å². The predicted octanol–water partition coefficient (Wildman–Crippen LogP) is 2.42. The number of benzene rings is 1. The number of aromatic nitrogens is 1. The molecule has 1 heterocycles. The van der Waals surface area contributed by atoms with Crippen LogP contribution in [0.5, 0.6) is 5.88 Å². The minimum Gasteiger partial charge on any atom is -0.475 e. The highest BCUT2D eigenvalue weighted by Gasteiger charge is 2.23. The molecule has 1 aromatic heterocycles. The molecular weight excluding hydrogens is 378 g/mol. The van der Waals surface area contributed by atoms with Crippen molar-refractivity contribution in [1.29, 1.82) is 0 Å². The van der Waals surface area contributed by atoms with Crippen molar-refractivity contribution in [2.75, 3.05) is 13.6 Å². The zero-order chi connectivity index (χ0) is 20.9. The number of nitrogens with one attached hydrogen (secondary N) is 1. The van der Waals surface area contributed by atoms with Crippen molar-refractivity contribution >= 4 is 15.9 Å². The standard InChI is InChI=1S/C20H27N3O4S/c1-14(2)27-20-9-7-17(12-22-20)11-21-19(24)13-23(5)28(25,26)18-8-6-15(3)16(4)10-18/h6-10,12,14H,11,13H2,1-5H3,(H,21,24). The fourth-order valence-electron chi connectivity index (χ4n) is 2.42. The lowest BCUT2D eigenvalue weighted by atomic mass is 10.1. The van der Waals surface area contributed by atoms with Crippen LogP contribution in [-0.4, -0.2) is 43.3 Å². The van der Waals surface area contributed by atoms with Crippen molar-refractivity contribution in [2.45, 2.75) is 45.2 Å². The molecule has 152 valence electrons. The van der Waals surface area contributed by atoms with Gasteiger partial charge in [0.2, 0.25) is 21.8 Å². The first-order valence-corrected chi connectivity index (χ1v) is 10.5. The number of ether oxygens (including phenoxy) is 1. The van der Waals surface area contributed by atoms with E-state index in [-0.39, 0.29) is 24.1 Å². The number of carbonyl (C=O) groups excluding carboxylic acids is 1. The van der Waals surface area contributed by atoms with Crippen molar-refractivity contribution < 1.29 is 17.9 Å². The molecule has 0 saturated carbocycles. The highest BCUT2D eigenvalue weighted by molar-refractivity contribution is 7.89. The van der Waals surface area contributed by atoms with Crippen LogP contribution in [0.25, 0.3) is 0 Å². The zero-order valence-electron chi connectivity index (χ0n) is 16.9. The largest absolute Gasteiger partial charge is 0.475 e. The number of rotatable bonds is 8. The van der Waals surface area contributed by atoms with Crippen molar-refractivity contribution in [3.63, 3.8) is 0 Å². The quantitative estimate of drug-likeness (QED) is 0.729. The molecule has 0 saturated heterocycles. The van der Waals surface area contributed by atoms with Gasteiger partial charge in [0.1, 0.15) is 0 Å². The van der Waals surface area contributed by atoms with Gasteiger partial charge in [-0.3, -0.25) is 4.79 Å². The number of hydrogen-bond acceptors (Lipinski definition) is 5. The molecule has 7 nitrogen and oxygen atoms in total. The topological polar surface area (TPSA) is 88.6 Å². The molecule has 0 radical (unpaired) electrons. The Kier molecular flexibility index (Phi) is 7.15. The van der Waals surface area contributed by atoms with Crippen molar-refractivity contribution in [1.82, 2.24) is 14.6 Å². The Hall–Kier alpha value is -2.45. The molecule has 0 spiro atoms. The van der Waals surface area contributed by atoms with Crippen molar-refractivity contribution in [3.8, 4) is 5.88 Å². The van der Waals surface area contributed by atoms with Crippen LogP contribution in [0.2, 0.25) is 0 Å². The van der Waals surface area contributed by atoms with E-state index in [1.54, 1.807) is 36.5 Å². The molecule has 1 aromatic carbocycles. The van der Waals surface area contributed by atoms with Crippen molar-refractivity contribution in [3.05, 3.63) is 53.2 Å². The van der Waals surface area contributed by atoms with Gasteiger partial charge in [-0.25, -0.2) is 13.4 Å². The Labute approximate surface area is 166 Å². The maximum absolute atomic E-state index is 12.7. The summed E-state index contributed by atoms with van der Waals surface area (Å²) < 4.78 is 31.8. The van der Waals surface area contributed by atoms with E-state index < -0.39 is 15.9 Å². The summed E-state index contributed by atoms with van der Waals surface area (Å²) in [5, 5.41) is 2.71. The summed E-state index contributed by atoms with van der Waals surface area (Å²) in [5.41, 5.74) is 2.69. The Bertz CT molecular complexity index is 925. The monoisotopic (exact) mass is 405 g/mol. The first-order valence-electron chi connectivity index (χ1n) is 9.01. The lowest BCUT2D eigenvalue weighted by Crippen LogP contribution is -2.38. The van der Waals surface area contributed by atoms with Gasteiger partial charge < -0.3 is 10.1 Å². The highest BCUT2D eigenvalue weighted by Crippen LogP contribution is 2.18. The van der Waals surface area contributed by atoms with E-state index in [2.05, 4.69) is 10.3 Å². The summed E-state index contributed by atoms with van der Waals surface area (Å²) in [5.74, 6) is 0.127. The minimum absolute atomic E-state index is 0.0351. The third-order valence-electron chi connectivity index (χ3n) is 4.20. The number of amides is 1. The van der Waals surface area contributed by atoms with Gasteiger partial charge in [-0.05, 0) is 56.5 Å². The predicted molar refractivity (Wildman–Crippen MR) is 108 cm³/mol. The Morgan fingerprint density at radius 3 is 2.46 bits per heavy atom. The van der Waals surface area contributed by atoms with Crippen molar-refractivity contribution in [2.24, 2.45) is 0 Å². The summed E-state index contributed by atoms with van der Waals surface area (Å²) in [6.45, 7) is 7.59. The molecule has 2 aromatic rings. The second-order valence-electron chi connectivity index (χ2n) is 6.96. The third-order valence-corrected chi connectivity index (χ3v) is 6.00. The smallest absolute Gasteiger partial charge is 0.243 e. The summed E-state index contributed by atoms with van der Waals surface area (Å²) in [6, 6.07) is 8.47. The van der Waals surface area contributed by atoms with E-state index in [0.29, 0.717) is 5.88 Å². The van der Waals surface area contributed by atoms with Gasteiger partial charge in [-0.15, -0.1) is 0 Å². The van der Waals surface area contributed by atoms with Gasteiger partial charge in [0.15, 0.2) is 0 Å². The summed E-state index contributed by atoms with van der Waals surface area (Å²) in [6.07, 6.45) is 1.65. The van der Waals surface area contributed by atoms with Crippen LogP contribution in [0, 0.1) is 13.8 Å². The van der Waals surface area contributed by atoms with E-state index in [9.17, 15) is 13.2 Å². The van der Waals surface area contributed by atoms with Gasteiger partial charge in [0.05, 0.1) is 17.5 Å². The van der Waals surface area contributed by atoms with Crippen LogP contribution in [0.3, 0.4) is 0 Å². The first kappa shape index (κ1) is 21.8.